The second kappa shape index (κ2) is 7.96. The van der Waals surface area contributed by atoms with Crippen molar-refractivity contribution in [3.05, 3.63) is 58.7 Å². The molecule has 0 aliphatic carbocycles. The molecule has 5 nitrogen and oxygen atoms in total. The van der Waals surface area contributed by atoms with Gasteiger partial charge in [-0.15, -0.1) is 10.2 Å². The number of anilines is 1. The Morgan fingerprint density at radius 2 is 1.63 bits per heavy atom. The molecule has 27 heavy (non-hydrogen) atoms. The molecule has 0 radical (unpaired) electrons. The molecule has 140 valence electrons. The van der Waals surface area contributed by atoms with Crippen LogP contribution in [0.25, 0.3) is 11.5 Å². The summed E-state index contributed by atoms with van der Waals surface area (Å²) in [6.45, 7) is 9.90. The lowest BCUT2D eigenvalue weighted by molar-refractivity contribution is -0.115. The molecule has 1 aromatic heterocycles. The fourth-order valence-corrected chi connectivity index (χ4v) is 3.56. The van der Waals surface area contributed by atoms with Crippen LogP contribution in [-0.2, 0) is 4.79 Å². The van der Waals surface area contributed by atoms with Gasteiger partial charge in [0, 0.05) is 11.3 Å². The average molecular weight is 382 g/mol. The van der Waals surface area contributed by atoms with E-state index in [1.165, 1.54) is 22.9 Å². The van der Waals surface area contributed by atoms with Crippen LogP contribution in [0.2, 0.25) is 0 Å². The molecule has 0 unspecified atom stereocenters. The van der Waals surface area contributed by atoms with E-state index in [-0.39, 0.29) is 11.2 Å². The molecule has 3 aromatic rings. The second-order valence-electron chi connectivity index (χ2n) is 6.76. The van der Waals surface area contributed by atoms with Gasteiger partial charge in [0.05, 0.1) is 5.25 Å². The van der Waals surface area contributed by atoms with E-state index in [9.17, 15) is 4.79 Å². The highest BCUT2D eigenvalue weighted by Crippen LogP contribution is 2.28. The Labute approximate surface area is 163 Å². The van der Waals surface area contributed by atoms with Gasteiger partial charge >= 0.3 is 0 Å². The van der Waals surface area contributed by atoms with Gasteiger partial charge in [-0.3, -0.25) is 4.79 Å². The van der Waals surface area contributed by atoms with Gasteiger partial charge in [-0.1, -0.05) is 47.2 Å². The van der Waals surface area contributed by atoms with Gasteiger partial charge in [0.2, 0.25) is 11.8 Å². The number of carbonyl (C=O) groups excluding carboxylic acids is 1. The molecule has 1 atom stereocenters. The van der Waals surface area contributed by atoms with E-state index in [0.29, 0.717) is 11.1 Å². The van der Waals surface area contributed by atoms with Gasteiger partial charge in [-0.2, -0.15) is 0 Å². The number of nitrogens with one attached hydrogen (secondary N) is 1. The number of amides is 1. The second-order valence-corrected chi connectivity index (χ2v) is 8.05. The summed E-state index contributed by atoms with van der Waals surface area (Å²) in [6, 6.07) is 12.0. The first-order valence-corrected chi connectivity index (χ1v) is 9.67. The third-order valence-corrected chi connectivity index (χ3v) is 5.21. The molecule has 0 fully saturated rings. The molecule has 6 heteroatoms. The number of hydrogen-bond acceptors (Lipinski definition) is 5. The number of benzene rings is 2. The fourth-order valence-electron chi connectivity index (χ4n) is 2.88. The van der Waals surface area contributed by atoms with Crippen LogP contribution in [0.3, 0.4) is 0 Å². The Bertz CT molecular complexity index is 941. The summed E-state index contributed by atoms with van der Waals surface area (Å²) < 4.78 is 5.70. The van der Waals surface area contributed by atoms with Crippen molar-refractivity contribution >= 4 is 23.4 Å². The molecular weight excluding hydrogens is 358 g/mol. The van der Waals surface area contributed by atoms with E-state index in [4.69, 9.17) is 4.42 Å². The zero-order chi connectivity index (χ0) is 19.6. The average Bonchev–Trinajstić information content (AvgIpc) is 3.07. The first kappa shape index (κ1) is 19.2. The first-order valence-electron chi connectivity index (χ1n) is 8.79. The standard InChI is InChI=1S/C21H23N3O2S/c1-12-6-8-17(9-7-12)20-23-24-21(26-20)27-16(5)19(25)22-18-14(3)10-13(2)11-15(18)4/h6-11,16H,1-5H3,(H,22,25)/t16-/m1/s1. The Hall–Kier alpha value is -2.60. The highest BCUT2D eigenvalue weighted by molar-refractivity contribution is 8.00. The summed E-state index contributed by atoms with van der Waals surface area (Å²) in [5.74, 6) is 0.362. The van der Waals surface area contributed by atoms with Crippen molar-refractivity contribution in [2.75, 3.05) is 5.32 Å². The molecule has 2 aromatic carbocycles. The van der Waals surface area contributed by atoms with Gasteiger partial charge in [0.25, 0.3) is 5.22 Å². The Morgan fingerprint density at radius 3 is 2.26 bits per heavy atom. The Balaban J connectivity index is 1.68. The summed E-state index contributed by atoms with van der Waals surface area (Å²) in [7, 11) is 0. The molecule has 1 N–H and O–H groups in total. The lowest BCUT2D eigenvalue weighted by Crippen LogP contribution is -2.23. The summed E-state index contributed by atoms with van der Waals surface area (Å²) >= 11 is 1.25. The molecule has 0 spiro atoms. The number of nitrogens with zero attached hydrogens (tertiary/aromatic N) is 2. The minimum atomic E-state index is -0.364. The number of hydrogen-bond donors (Lipinski definition) is 1. The third-order valence-electron chi connectivity index (χ3n) is 4.28. The molecular formula is C21H23N3O2S. The predicted molar refractivity (Wildman–Crippen MR) is 109 cm³/mol. The van der Waals surface area contributed by atoms with Crippen molar-refractivity contribution in [1.29, 1.82) is 0 Å². The van der Waals surface area contributed by atoms with Crippen molar-refractivity contribution in [1.82, 2.24) is 10.2 Å². The van der Waals surface area contributed by atoms with Crippen LogP contribution in [0.15, 0.2) is 46.0 Å². The van der Waals surface area contributed by atoms with Crippen LogP contribution in [-0.4, -0.2) is 21.4 Å². The van der Waals surface area contributed by atoms with E-state index < -0.39 is 0 Å². The Kier molecular flexibility index (Phi) is 5.65. The summed E-state index contributed by atoms with van der Waals surface area (Å²) in [5, 5.41) is 11.2. The largest absolute Gasteiger partial charge is 0.411 e. The van der Waals surface area contributed by atoms with E-state index >= 15 is 0 Å². The topological polar surface area (TPSA) is 68.0 Å². The summed E-state index contributed by atoms with van der Waals surface area (Å²) in [6.07, 6.45) is 0. The minimum absolute atomic E-state index is 0.0925. The van der Waals surface area contributed by atoms with Crippen LogP contribution in [0.4, 0.5) is 5.69 Å². The van der Waals surface area contributed by atoms with Gasteiger partial charge in [0.15, 0.2) is 0 Å². The number of aromatic nitrogens is 2. The molecule has 1 heterocycles. The van der Waals surface area contributed by atoms with Crippen molar-refractivity contribution in [2.24, 2.45) is 0 Å². The van der Waals surface area contributed by atoms with E-state index in [1.807, 2.05) is 58.9 Å². The van der Waals surface area contributed by atoms with Gasteiger partial charge in [-0.05, 0) is 57.9 Å². The highest BCUT2D eigenvalue weighted by Gasteiger charge is 2.20. The van der Waals surface area contributed by atoms with Crippen LogP contribution >= 0.6 is 11.8 Å². The maximum Gasteiger partial charge on any atom is 0.277 e. The monoisotopic (exact) mass is 381 g/mol. The quantitative estimate of drug-likeness (QED) is 0.624. The normalized spacial score (nSPS) is 12.0. The zero-order valence-electron chi connectivity index (χ0n) is 16.2. The van der Waals surface area contributed by atoms with Crippen LogP contribution < -0.4 is 5.32 Å². The molecule has 0 saturated carbocycles. The van der Waals surface area contributed by atoms with Gasteiger partial charge < -0.3 is 9.73 Å². The first-order chi connectivity index (χ1) is 12.8. The molecule has 1 amide bonds. The zero-order valence-corrected chi connectivity index (χ0v) is 17.0. The third kappa shape index (κ3) is 4.57. The molecule has 0 saturated heterocycles. The Morgan fingerprint density at radius 1 is 1.00 bits per heavy atom. The maximum atomic E-state index is 12.6. The number of aryl methyl sites for hydroxylation is 4. The predicted octanol–water partition coefficient (Wildman–Crippen LogP) is 5.09. The molecule has 3 rings (SSSR count). The van der Waals surface area contributed by atoms with E-state index in [2.05, 4.69) is 27.6 Å². The van der Waals surface area contributed by atoms with Crippen LogP contribution in [0.1, 0.15) is 29.2 Å². The summed E-state index contributed by atoms with van der Waals surface area (Å²) in [5.41, 5.74) is 6.18. The molecule has 0 aliphatic rings. The van der Waals surface area contributed by atoms with Gasteiger partial charge in [0.1, 0.15) is 0 Å². The van der Waals surface area contributed by atoms with Gasteiger partial charge in [-0.25, -0.2) is 0 Å². The fraction of sp³-hybridized carbons (Fsp3) is 0.286. The molecule has 0 aliphatic heterocycles. The van der Waals surface area contributed by atoms with E-state index in [1.54, 1.807) is 0 Å². The SMILES string of the molecule is Cc1ccc(-c2nnc(S[C@H](C)C(=O)Nc3c(C)cc(C)cc3C)o2)cc1. The summed E-state index contributed by atoms with van der Waals surface area (Å²) in [4.78, 5) is 12.6. The number of thioether (sulfide) groups is 1. The lowest BCUT2D eigenvalue weighted by atomic mass is 10.1. The minimum Gasteiger partial charge on any atom is -0.411 e. The maximum absolute atomic E-state index is 12.6. The highest BCUT2D eigenvalue weighted by atomic mass is 32.2. The molecule has 0 bridgehead atoms. The van der Waals surface area contributed by atoms with Crippen molar-refractivity contribution in [3.63, 3.8) is 0 Å². The lowest BCUT2D eigenvalue weighted by Gasteiger charge is -2.15. The van der Waals surface area contributed by atoms with Crippen molar-refractivity contribution in [3.8, 4) is 11.5 Å². The van der Waals surface area contributed by atoms with E-state index in [0.717, 1.165) is 22.4 Å². The van der Waals surface area contributed by atoms with Crippen molar-refractivity contribution in [2.45, 2.75) is 45.1 Å². The number of carbonyl (C=O) groups is 1. The van der Waals surface area contributed by atoms with Crippen LogP contribution in [0, 0.1) is 27.7 Å². The van der Waals surface area contributed by atoms with Crippen molar-refractivity contribution < 1.29 is 9.21 Å². The number of rotatable bonds is 5. The smallest absolute Gasteiger partial charge is 0.277 e. The van der Waals surface area contributed by atoms with Crippen LogP contribution in [0.5, 0.6) is 0 Å².